The zero-order valence-corrected chi connectivity index (χ0v) is 11.2. The minimum Gasteiger partial charge on any atom is -0.457 e. The molecule has 2 aromatic rings. The first kappa shape index (κ1) is 16.6. The number of ether oxygens (including phenoxy) is 1. The van der Waals surface area contributed by atoms with Crippen molar-refractivity contribution < 1.29 is 9.84 Å². The van der Waals surface area contributed by atoms with Crippen molar-refractivity contribution in [1.82, 2.24) is 0 Å². The number of benzene rings is 2. The molecule has 3 nitrogen and oxygen atoms in total. The fourth-order valence-corrected chi connectivity index (χ4v) is 1.16. The van der Waals surface area contributed by atoms with Gasteiger partial charge in [-0.2, -0.15) is 0 Å². The highest BCUT2D eigenvalue weighted by atomic mass is 16.5. The van der Waals surface area contributed by atoms with E-state index in [1.54, 1.807) is 6.92 Å². The third-order valence-corrected chi connectivity index (χ3v) is 1.86. The van der Waals surface area contributed by atoms with Crippen LogP contribution in [-0.2, 0) is 0 Å². The van der Waals surface area contributed by atoms with Gasteiger partial charge in [-0.15, -0.1) is 12.3 Å². The smallest absolute Gasteiger partial charge is 0.127 e. The summed E-state index contributed by atoms with van der Waals surface area (Å²) < 4.78 is 5.58. The second-order valence-electron chi connectivity index (χ2n) is 3.27. The number of nitrogen functional groups attached to an aromatic ring is 1. The van der Waals surface area contributed by atoms with Crippen molar-refractivity contribution in [3.8, 4) is 23.8 Å². The van der Waals surface area contributed by atoms with E-state index in [0.29, 0.717) is 0 Å². The molecule has 2 rings (SSSR count). The second kappa shape index (κ2) is 10.7. The predicted molar refractivity (Wildman–Crippen MR) is 80.0 cm³/mol. The Morgan fingerprint density at radius 1 is 0.947 bits per heavy atom. The number of para-hydroxylation sites is 1. The molecule has 0 unspecified atom stereocenters. The van der Waals surface area contributed by atoms with Gasteiger partial charge < -0.3 is 15.6 Å². The van der Waals surface area contributed by atoms with Crippen LogP contribution < -0.4 is 10.5 Å². The van der Waals surface area contributed by atoms with Crippen molar-refractivity contribution >= 4 is 5.69 Å². The Kier molecular flexibility index (Phi) is 9.32. The molecule has 100 valence electrons. The second-order valence-corrected chi connectivity index (χ2v) is 3.27. The third kappa shape index (κ3) is 7.48. The maximum atomic E-state index is 7.00. The van der Waals surface area contributed by atoms with Crippen LogP contribution in [0.1, 0.15) is 6.92 Å². The lowest BCUT2D eigenvalue weighted by molar-refractivity contribution is 0.399. The Morgan fingerprint density at radius 3 is 1.84 bits per heavy atom. The van der Waals surface area contributed by atoms with Crippen LogP contribution in [0.4, 0.5) is 5.69 Å². The summed E-state index contributed by atoms with van der Waals surface area (Å²) in [4.78, 5) is 0. The van der Waals surface area contributed by atoms with Gasteiger partial charge in [0.2, 0.25) is 0 Å². The van der Waals surface area contributed by atoms with Crippen molar-refractivity contribution in [3.63, 3.8) is 0 Å². The molecule has 0 spiro atoms. The Hall–Kier alpha value is -2.44. The summed E-state index contributed by atoms with van der Waals surface area (Å²) in [7, 11) is 1.00. The number of nitrogens with two attached hydrogens (primary N) is 1. The number of hydrogen-bond acceptors (Lipinski definition) is 3. The topological polar surface area (TPSA) is 55.5 Å². The molecule has 0 aromatic heterocycles. The molecule has 3 heteroatoms. The first-order valence-corrected chi connectivity index (χ1v) is 5.66. The van der Waals surface area contributed by atoms with E-state index in [1.807, 2.05) is 54.6 Å². The zero-order valence-electron chi connectivity index (χ0n) is 11.2. The van der Waals surface area contributed by atoms with Gasteiger partial charge in [0.15, 0.2) is 0 Å². The van der Waals surface area contributed by atoms with Crippen molar-refractivity contribution in [2.45, 2.75) is 6.92 Å². The van der Waals surface area contributed by atoms with Crippen LogP contribution in [0.2, 0.25) is 0 Å². The van der Waals surface area contributed by atoms with Crippen molar-refractivity contribution in [3.05, 3.63) is 54.6 Å². The number of aliphatic hydroxyl groups excluding tert-OH is 1. The monoisotopic (exact) mass is 257 g/mol. The van der Waals surface area contributed by atoms with Crippen molar-refractivity contribution in [1.29, 1.82) is 0 Å². The molecule has 3 N–H and O–H groups in total. The van der Waals surface area contributed by atoms with E-state index in [0.717, 1.165) is 24.3 Å². The Bertz CT molecular complexity index is 472. The molecule has 0 aliphatic heterocycles. The van der Waals surface area contributed by atoms with Crippen molar-refractivity contribution in [2.75, 3.05) is 12.8 Å². The van der Waals surface area contributed by atoms with Gasteiger partial charge in [-0.1, -0.05) is 18.2 Å². The first-order chi connectivity index (χ1) is 9.26. The van der Waals surface area contributed by atoms with Gasteiger partial charge in [-0.05, 0) is 43.3 Å². The molecule has 2 aromatic carbocycles. The Labute approximate surface area is 114 Å². The maximum Gasteiger partial charge on any atom is 0.127 e. The minimum absolute atomic E-state index is 0.741. The SMILES string of the molecule is C#CC.CO.Nc1ccc(Oc2ccccc2)cc1. The zero-order chi connectivity index (χ0) is 14.5. The molecular formula is C16H19NO2. The average molecular weight is 257 g/mol. The maximum absolute atomic E-state index is 7.00. The van der Waals surface area contributed by atoms with Crippen LogP contribution in [0.15, 0.2) is 54.6 Å². The largest absolute Gasteiger partial charge is 0.457 e. The highest BCUT2D eigenvalue weighted by Gasteiger charge is 1.94. The molecule has 0 heterocycles. The van der Waals surface area contributed by atoms with Crippen LogP contribution in [0.3, 0.4) is 0 Å². The van der Waals surface area contributed by atoms with Gasteiger partial charge in [0.05, 0.1) is 0 Å². The molecule has 0 saturated carbocycles. The van der Waals surface area contributed by atoms with E-state index in [2.05, 4.69) is 12.3 Å². The lowest BCUT2D eigenvalue weighted by atomic mass is 10.3. The number of anilines is 1. The van der Waals surface area contributed by atoms with Gasteiger partial charge in [-0.25, -0.2) is 0 Å². The van der Waals surface area contributed by atoms with Gasteiger partial charge >= 0.3 is 0 Å². The Morgan fingerprint density at radius 2 is 1.37 bits per heavy atom. The fourth-order valence-electron chi connectivity index (χ4n) is 1.16. The lowest BCUT2D eigenvalue weighted by Gasteiger charge is -2.04. The predicted octanol–water partition coefficient (Wildman–Crippen LogP) is 3.31. The third-order valence-electron chi connectivity index (χ3n) is 1.86. The fraction of sp³-hybridized carbons (Fsp3) is 0.125. The van der Waals surface area contributed by atoms with Gasteiger partial charge in [0.1, 0.15) is 11.5 Å². The van der Waals surface area contributed by atoms with E-state index in [-0.39, 0.29) is 0 Å². The number of hydrogen-bond donors (Lipinski definition) is 2. The van der Waals surface area contributed by atoms with Gasteiger partial charge in [0.25, 0.3) is 0 Å². The highest BCUT2D eigenvalue weighted by Crippen LogP contribution is 2.21. The number of aliphatic hydroxyl groups is 1. The minimum atomic E-state index is 0.741. The summed E-state index contributed by atoms with van der Waals surface area (Å²) >= 11 is 0. The van der Waals surface area contributed by atoms with E-state index in [1.165, 1.54) is 0 Å². The summed E-state index contributed by atoms with van der Waals surface area (Å²) in [6.45, 7) is 1.65. The van der Waals surface area contributed by atoms with Crippen LogP contribution in [0.25, 0.3) is 0 Å². The molecular weight excluding hydrogens is 238 g/mol. The van der Waals surface area contributed by atoms with E-state index in [9.17, 15) is 0 Å². The van der Waals surface area contributed by atoms with Crippen LogP contribution in [0, 0.1) is 12.3 Å². The van der Waals surface area contributed by atoms with E-state index >= 15 is 0 Å². The molecule has 0 amide bonds. The normalized spacial score (nSPS) is 7.89. The lowest BCUT2D eigenvalue weighted by Crippen LogP contribution is -1.85. The molecule has 0 aliphatic carbocycles. The van der Waals surface area contributed by atoms with E-state index < -0.39 is 0 Å². The molecule has 0 aliphatic rings. The summed E-state index contributed by atoms with van der Waals surface area (Å²) in [5.74, 6) is 3.88. The Balaban J connectivity index is 0.000000573. The molecule has 0 radical (unpaired) electrons. The summed E-state index contributed by atoms with van der Waals surface area (Å²) in [5, 5.41) is 7.00. The molecule has 0 saturated heterocycles. The van der Waals surface area contributed by atoms with E-state index in [4.69, 9.17) is 15.6 Å². The first-order valence-electron chi connectivity index (χ1n) is 5.66. The van der Waals surface area contributed by atoms with Crippen LogP contribution >= 0.6 is 0 Å². The van der Waals surface area contributed by atoms with Crippen LogP contribution in [0.5, 0.6) is 11.5 Å². The summed E-state index contributed by atoms with van der Waals surface area (Å²) in [6.07, 6.45) is 4.60. The quantitative estimate of drug-likeness (QED) is 0.641. The molecule has 0 bridgehead atoms. The van der Waals surface area contributed by atoms with Crippen molar-refractivity contribution in [2.24, 2.45) is 0 Å². The van der Waals surface area contributed by atoms with Gasteiger partial charge in [0, 0.05) is 12.8 Å². The number of rotatable bonds is 2. The standard InChI is InChI=1S/C12H11NO.C3H4.CH4O/c13-10-6-8-12(9-7-10)14-11-4-2-1-3-5-11;1-3-2;1-2/h1-9H,13H2;1H,2H3;2H,1H3. The molecule has 19 heavy (non-hydrogen) atoms. The number of terminal acetylenes is 1. The molecule has 0 atom stereocenters. The van der Waals surface area contributed by atoms with Gasteiger partial charge in [-0.3, -0.25) is 0 Å². The summed E-state index contributed by atoms with van der Waals surface area (Å²) in [5.41, 5.74) is 6.31. The highest BCUT2D eigenvalue weighted by molar-refractivity contribution is 5.42. The average Bonchev–Trinajstić information content (AvgIpc) is 2.46. The van der Waals surface area contributed by atoms with Crippen LogP contribution in [-0.4, -0.2) is 12.2 Å². The summed E-state index contributed by atoms with van der Waals surface area (Å²) in [6, 6.07) is 17.0. The molecule has 0 fully saturated rings.